The number of halogens is 2. The van der Waals surface area contributed by atoms with Crippen LogP contribution in [-0.4, -0.2) is 20.8 Å². The zero-order valence-electron chi connectivity index (χ0n) is 10.2. The molecule has 1 aromatic rings. The summed E-state index contributed by atoms with van der Waals surface area (Å²) in [5.41, 5.74) is 1.66. The summed E-state index contributed by atoms with van der Waals surface area (Å²) in [6.45, 7) is 1.88. The van der Waals surface area contributed by atoms with E-state index in [2.05, 4.69) is 5.10 Å². The lowest BCUT2D eigenvalue weighted by molar-refractivity contribution is -0.0636. The van der Waals surface area contributed by atoms with Gasteiger partial charge in [-0.05, 0) is 31.2 Å². The summed E-state index contributed by atoms with van der Waals surface area (Å²) in [5, 5.41) is 14.3. The molecule has 1 aliphatic rings. The van der Waals surface area contributed by atoms with Crippen LogP contribution in [0.1, 0.15) is 43.0 Å². The van der Waals surface area contributed by atoms with Crippen LogP contribution >= 0.6 is 0 Å². The van der Waals surface area contributed by atoms with E-state index in [1.807, 2.05) is 6.92 Å². The fourth-order valence-electron chi connectivity index (χ4n) is 2.58. The fraction of sp³-hybridized carbons (Fsp3) is 0.750. The van der Waals surface area contributed by atoms with E-state index in [0.29, 0.717) is 12.8 Å². The van der Waals surface area contributed by atoms with Crippen LogP contribution in [-0.2, 0) is 7.05 Å². The third-order valence-electron chi connectivity index (χ3n) is 3.67. The molecule has 0 bridgehead atoms. The van der Waals surface area contributed by atoms with Crippen LogP contribution in [0.4, 0.5) is 8.78 Å². The minimum atomic E-state index is -2.54. The van der Waals surface area contributed by atoms with E-state index >= 15 is 0 Å². The molecule has 3 nitrogen and oxygen atoms in total. The van der Waals surface area contributed by atoms with Crippen LogP contribution in [0.3, 0.4) is 0 Å². The van der Waals surface area contributed by atoms with Crippen molar-refractivity contribution in [3.63, 3.8) is 0 Å². The molecule has 2 rings (SSSR count). The van der Waals surface area contributed by atoms with Gasteiger partial charge in [-0.3, -0.25) is 4.68 Å². The van der Waals surface area contributed by atoms with Gasteiger partial charge in [0.15, 0.2) is 0 Å². The van der Waals surface area contributed by atoms with Crippen LogP contribution in [0.25, 0.3) is 0 Å². The average molecular weight is 244 g/mol. The van der Waals surface area contributed by atoms with Crippen LogP contribution in [0.15, 0.2) is 6.20 Å². The smallest absolute Gasteiger partial charge is 0.248 e. The predicted molar refractivity (Wildman–Crippen MR) is 59.8 cm³/mol. The van der Waals surface area contributed by atoms with Crippen LogP contribution < -0.4 is 0 Å². The summed E-state index contributed by atoms with van der Waals surface area (Å²) in [4.78, 5) is 0. The first-order valence-electron chi connectivity index (χ1n) is 5.95. The Bertz CT molecular complexity index is 374. The number of alkyl halides is 2. The standard InChI is InChI=1S/C12H18F2N2O/c1-8-7-15-16(2)10(8)11(17)9-3-5-12(13,14)6-4-9/h7,9,11,17H,3-6H2,1-2H3. The maximum atomic E-state index is 13.0. The van der Waals surface area contributed by atoms with Gasteiger partial charge in [-0.25, -0.2) is 8.78 Å². The third kappa shape index (κ3) is 2.49. The number of rotatable bonds is 2. The zero-order valence-corrected chi connectivity index (χ0v) is 10.2. The van der Waals surface area contributed by atoms with Crippen molar-refractivity contribution >= 4 is 0 Å². The number of aliphatic hydroxyl groups is 1. The Kier molecular flexibility index (Phi) is 3.21. The molecule has 1 saturated carbocycles. The Balaban J connectivity index is 2.09. The van der Waals surface area contributed by atoms with E-state index < -0.39 is 12.0 Å². The largest absolute Gasteiger partial charge is 0.387 e. The van der Waals surface area contributed by atoms with Gasteiger partial charge >= 0.3 is 0 Å². The predicted octanol–water partition coefficient (Wildman–Crippen LogP) is 2.59. The number of aliphatic hydroxyl groups excluding tert-OH is 1. The monoisotopic (exact) mass is 244 g/mol. The van der Waals surface area contributed by atoms with Gasteiger partial charge in [0.1, 0.15) is 0 Å². The maximum absolute atomic E-state index is 13.0. The topological polar surface area (TPSA) is 38.0 Å². The van der Waals surface area contributed by atoms with Crippen molar-refractivity contribution in [1.29, 1.82) is 0 Å². The molecular formula is C12H18F2N2O. The fourth-order valence-corrected chi connectivity index (χ4v) is 2.58. The normalized spacial score (nSPS) is 22.6. The molecule has 1 aliphatic carbocycles. The molecule has 1 N–H and O–H groups in total. The molecule has 0 aliphatic heterocycles. The number of hydrogen-bond donors (Lipinski definition) is 1. The van der Waals surface area contributed by atoms with Crippen molar-refractivity contribution in [2.24, 2.45) is 13.0 Å². The highest BCUT2D eigenvalue weighted by atomic mass is 19.3. The van der Waals surface area contributed by atoms with Gasteiger partial charge in [-0.2, -0.15) is 5.10 Å². The third-order valence-corrected chi connectivity index (χ3v) is 3.67. The van der Waals surface area contributed by atoms with E-state index in [1.165, 1.54) is 0 Å². The maximum Gasteiger partial charge on any atom is 0.248 e. The van der Waals surface area contributed by atoms with Gasteiger partial charge in [-0.1, -0.05) is 0 Å². The molecule has 17 heavy (non-hydrogen) atoms. The second-order valence-corrected chi connectivity index (χ2v) is 4.97. The minimum absolute atomic E-state index is 0.0799. The summed E-state index contributed by atoms with van der Waals surface area (Å²) < 4.78 is 27.7. The molecule has 0 radical (unpaired) electrons. The zero-order chi connectivity index (χ0) is 12.6. The van der Waals surface area contributed by atoms with Crippen molar-refractivity contribution in [2.75, 3.05) is 0 Å². The molecular weight excluding hydrogens is 226 g/mol. The second kappa shape index (κ2) is 4.37. The summed E-state index contributed by atoms with van der Waals surface area (Å²) in [6.07, 6.45) is 1.52. The lowest BCUT2D eigenvalue weighted by Gasteiger charge is -2.31. The minimum Gasteiger partial charge on any atom is -0.387 e. The van der Waals surface area contributed by atoms with E-state index in [-0.39, 0.29) is 18.8 Å². The molecule has 1 fully saturated rings. The number of aromatic nitrogens is 2. The quantitative estimate of drug-likeness (QED) is 0.868. The van der Waals surface area contributed by atoms with Crippen molar-refractivity contribution in [3.05, 3.63) is 17.5 Å². The molecule has 1 heterocycles. The van der Waals surface area contributed by atoms with Crippen molar-refractivity contribution in [3.8, 4) is 0 Å². The van der Waals surface area contributed by atoms with E-state index in [9.17, 15) is 13.9 Å². The molecule has 0 aromatic carbocycles. The van der Waals surface area contributed by atoms with Gasteiger partial charge in [0.25, 0.3) is 0 Å². The summed E-state index contributed by atoms with van der Waals surface area (Å²) in [6, 6.07) is 0. The first kappa shape index (κ1) is 12.5. The van der Waals surface area contributed by atoms with Gasteiger partial charge in [0.2, 0.25) is 5.92 Å². The summed E-state index contributed by atoms with van der Waals surface area (Å²) in [7, 11) is 1.77. The molecule has 1 atom stereocenters. The van der Waals surface area contributed by atoms with E-state index in [0.717, 1.165) is 11.3 Å². The second-order valence-electron chi connectivity index (χ2n) is 4.97. The van der Waals surface area contributed by atoms with Crippen LogP contribution in [0.2, 0.25) is 0 Å². The Morgan fingerprint density at radius 3 is 2.53 bits per heavy atom. The molecule has 0 amide bonds. The first-order chi connectivity index (χ1) is 7.91. The Labute approximate surface area is 99.4 Å². The van der Waals surface area contributed by atoms with Crippen LogP contribution in [0, 0.1) is 12.8 Å². The number of nitrogens with zero attached hydrogens (tertiary/aromatic N) is 2. The highest BCUT2D eigenvalue weighted by Gasteiger charge is 2.38. The Morgan fingerprint density at radius 1 is 1.47 bits per heavy atom. The van der Waals surface area contributed by atoms with Gasteiger partial charge in [0, 0.05) is 19.9 Å². The van der Waals surface area contributed by atoms with Crippen LogP contribution in [0.5, 0.6) is 0 Å². The molecule has 1 aromatic heterocycles. The number of aryl methyl sites for hydroxylation is 2. The highest BCUT2D eigenvalue weighted by molar-refractivity contribution is 5.18. The van der Waals surface area contributed by atoms with E-state index in [4.69, 9.17) is 0 Å². The van der Waals surface area contributed by atoms with Crippen molar-refractivity contribution in [1.82, 2.24) is 9.78 Å². The summed E-state index contributed by atoms with van der Waals surface area (Å²) in [5.74, 6) is -2.62. The van der Waals surface area contributed by atoms with Gasteiger partial charge in [-0.15, -0.1) is 0 Å². The van der Waals surface area contributed by atoms with Crippen molar-refractivity contribution in [2.45, 2.75) is 44.6 Å². The SMILES string of the molecule is Cc1cnn(C)c1C(O)C1CCC(F)(F)CC1. The molecule has 1 unspecified atom stereocenters. The molecule has 96 valence electrons. The average Bonchev–Trinajstić information content (AvgIpc) is 2.58. The van der Waals surface area contributed by atoms with Gasteiger partial charge < -0.3 is 5.11 Å². The summed E-state index contributed by atoms with van der Waals surface area (Å²) >= 11 is 0. The Morgan fingerprint density at radius 2 is 2.06 bits per heavy atom. The van der Waals surface area contributed by atoms with E-state index in [1.54, 1.807) is 17.9 Å². The molecule has 0 spiro atoms. The lowest BCUT2D eigenvalue weighted by atomic mass is 9.82. The molecule has 0 saturated heterocycles. The lowest BCUT2D eigenvalue weighted by Crippen LogP contribution is -2.28. The number of hydrogen-bond acceptors (Lipinski definition) is 2. The highest BCUT2D eigenvalue weighted by Crippen LogP contribution is 2.41. The van der Waals surface area contributed by atoms with Gasteiger partial charge in [0.05, 0.1) is 18.0 Å². The first-order valence-corrected chi connectivity index (χ1v) is 5.95. The molecule has 5 heteroatoms. The van der Waals surface area contributed by atoms with Crippen molar-refractivity contribution < 1.29 is 13.9 Å². The Hall–Kier alpha value is -0.970.